The van der Waals surface area contributed by atoms with Gasteiger partial charge in [-0.25, -0.2) is 0 Å². The summed E-state index contributed by atoms with van der Waals surface area (Å²) in [6, 6.07) is 15.7. The van der Waals surface area contributed by atoms with E-state index in [0.29, 0.717) is 17.7 Å². The summed E-state index contributed by atoms with van der Waals surface area (Å²) in [4.78, 5) is 0. The van der Waals surface area contributed by atoms with Crippen molar-refractivity contribution in [3.63, 3.8) is 0 Å². The summed E-state index contributed by atoms with van der Waals surface area (Å²) in [5.74, 6) is 1.51. The Hall–Kier alpha value is -1.42. The van der Waals surface area contributed by atoms with Gasteiger partial charge in [0.25, 0.3) is 0 Å². The second-order valence-electron chi connectivity index (χ2n) is 4.44. The number of aryl methyl sites for hydroxylation is 1. The summed E-state index contributed by atoms with van der Waals surface area (Å²) < 4.78 is 38.4. The normalized spacial score (nSPS) is 11.6. The van der Waals surface area contributed by atoms with Crippen LogP contribution in [-0.4, -0.2) is 5.75 Å². The molecule has 2 aromatic carbocycles. The highest BCUT2D eigenvalue weighted by molar-refractivity contribution is 7.98. The number of hydrogen-bond donors (Lipinski definition) is 0. The van der Waals surface area contributed by atoms with Gasteiger partial charge in [-0.15, -0.1) is 0 Å². The van der Waals surface area contributed by atoms with E-state index in [9.17, 15) is 13.2 Å². The van der Waals surface area contributed by atoms with Gasteiger partial charge in [0, 0.05) is 5.75 Å². The number of thioether (sulfide) groups is 1. The lowest BCUT2D eigenvalue weighted by Crippen LogP contribution is -2.09. The average Bonchev–Trinajstić information content (AvgIpc) is 2.44. The third-order valence-corrected chi connectivity index (χ3v) is 3.98. The van der Waals surface area contributed by atoms with Crippen molar-refractivity contribution in [1.29, 1.82) is 0 Å². The molecule has 0 bridgehead atoms. The van der Waals surface area contributed by atoms with Gasteiger partial charge in [-0.1, -0.05) is 48.5 Å². The molecular weight excluding hydrogens is 281 g/mol. The largest absolute Gasteiger partial charge is 0.416 e. The molecule has 4 heteroatoms. The summed E-state index contributed by atoms with van der Waals surface area (Å²) >= 11 is 1.65. The zero-order valence-electron chi connectivity index (χ0n) is 10.9. The smallest absolute Gasteiger partial charge is 0.166 e. The van der Waals surface area contributed by atoms with Crippen LogP contribution in [0.2, 0.25) is 0 Å². The first-order chi connectivity index (χ1) is 9.57. The molecular formula is C16H15F3S. The summed E-state index contributed by atoms with van der Waals surface area (Å²) in [6.07, 6.45) is -3.83. The standard InChI is InChI=1S/C16H15F3S/c17-16(18,19)15-9-5-4-8-14(15)10-11-20-12-13-6-2-1-3-7-13/h1-9H,10-12H2. The van der Waals surface area contributed by atoms with Crippen LogP contribution < -0.4 is 0 Å². The van der Waals surface area contributed by atoms with Crippen LogP contribution in [0.1, 0.15) is 16.7 Å². The SMILES string of the molecule is FC(F)(F)c1ccccc1CCSCc1ccccc1. The third-order valence-electron chi connectivity index (χ3n) is 2.95. The van der Waals surface area contributed by atoms with Gasteiger partial charge in [0.2, 0.25) is 0 Å². The van der Waals surface area contributed by atoms with E-state index in [1.165, 1.54) is 11.6 Å². The van der Waals surface area contributed by atoms with Crippen LogP contribution in [0, 0.1) is 0 Å². The molecule has 0 spiro atoms. The van der Waals surface area contributed by atoms with E-state index in [1.54, 1.807) is 23.9 Å². The van der Waals surface area contributed by atoms with Crippen molar-refractivity contribution in [2.75, 3.05) is 5.75 Å². The molecule has 0 saturated carbocycles. The Labute approximate surface area is 121 Å². The van der Waals surface area contributed by atoms with Crippen molar-refractivity contribution < 1.29 is 13.2 Å². The van der Waals surface area contributed by atoms with Crippen LogP contribution in [0.15, 0.2) is 54.6 Å². The van der Waals surface area contributed by atoms with Crippen molar-refractivity contribution in [3.05, 3.63) is 71.3 Å². The van der Waals surface area contributed by atoms with Gasteiger partial charge < -0.3 is 0 Å². The first kappa shape index (κ1) is 15.0. The molecule has 0 heterocycles. The van der Waals surface area contributed by atoms with Gasteiger partial charge in [-0.2, -0.15) is 24.9 Å². The maximum Gasteiger partial charge on any atom is 0.416 e. The molecule has 2 rings (SSSR count). The second kappa shape index (κ2) is 6.84. The predicted molar refractivity (Wildman–Crippen MR) is 77.8 cm³/mol. The summed E-state index contributed by atoms with van der Waals surface area (Å²) in [7, 11) is 0. The molecule has 106 valence electrons. The van der Waals surface area contributed by atoms with Gasteiger partial charge in [0.1, 0.15) is 0 Å². The Balaban J connectivity index is 1.89. The van der Waals surface area contributed by atoms with Crippen LogP contribution in [0.5, 0.6) is 0 Å². The highest BCUT2D eigenvalue weighted by atomic mass is 32.2. The Morgan fingerprint density at radius 3 is 2.20 bits per heavy atom. The fourth-order valence-electron chi connectivity index (χ4n) is 1.96. The molecule has 0 aliphatic rings. The molecule has 0 nitrogen and oxygen atoms in total. The van der Waals surface area contributed by atoms with E-state index < -0.39 is 11.7 Å². The summed E-state index contributed by atoms with van der Waals surface area (Å²) in [5, 5.41) is 0. The van der Waals surface area contributed by atoms with Crippen LogP contribution in [-0.2, 0) is 18.3 Å². The Bertz CT molecular complexity index is 535. The van der Waals surface area contributed by atoms with E-state index in [1.807, 2.05) is 30.3 Å². The van der Waals surface area contributed by atoms with E-state index in [0.717, 1.165) is 11.8 Å². The molecule has 0 N–H and O–H groups in total. The van der Waals surface area contributed by atoms with Crippen molar-refractivity contribution in [1.82, 2.24) is 0 Å². The van der Waals surface area contributed by atoms with Crippen molar-refractivity contribution >= 4 is 11.8 Å². The number of rotatable bonds is 5. The fraction of sp³-hybridized carbons (Fsp3) is 0.250. The average molecular weight is 296 g/mol. The molecule has 0 unspecified atom stereocenters. The molecule has 20 heavy (non-hydrogen) atoms. The van der Waals surface area contributed by atoms with E-state index >= 15 is 0 Å². The maximum atomic E-state index is 12.8. The zero-order chi connectivity index (χ0) is 14.4. The molecule has 0 atom stereocenters. The first-order valence-corrected chi connectivity index (χ1v) is 7.49. The topological polar surface area (TPSA) is 0 Å². The van der Waals surface area contributed by atoms with E-state index in [4.69, 9.17) is 0 Å². The maximum absolute atomic E-state index is 12.8. The Morgan fingerprint density at radius 1 is 0.850 bits per heavy atom. The molecule has 0 saturated heterocycles. The predicted octanol–water partition coefficient (Wildman–Crippen LogP) is 5.18. The molecule has 0 radical (unpaired) electrons. The molecule has 0 amide bonds. The fourth-order valence-corrected chi connectivity index (χ4v) is 2.90. The molecule has 2 aromatic rings. The van der Waals surface area contributed by atoms with Gasteiger partial charge in [-0.3, -0.25) is 0 Å². The quantitative estimate of drug-likeness (QED) is 0.685. The number of hydrogen-bond acceptors (Lipinski definition) is 1. The highest BCUT2D eigenvalue weighted by Crippen LogP contribution is 2.32. The van der Waals surface area contributed by atoms with Crippen LogP contribution in [0.3, 0.4) is 0 Å². The minimum atomic E-state index is -4.26. The molecule has 0 aliphatic carbocycles. The van der Waals surface area contributed by atoms with Crippen LogP contribution in [0.25, 0.3) is 0 Å². The van der Waals surface area contributed by atoms with E-state index in [-0.39, 0.29) is 0 Å². The van der Waals surface area contributed by atoms with Crippen LogP contribution in [0.4, 0.5) is 13.2 Å². The van der Waals surface area contributed by atoms with Gasteiger partial charge in [-0.05, 0) is 29.4 Å². The van der Waals surface area contributed by atoms with Crippen molar-refractivity contribution in [2.24, 2.45) is 0 Å². The lowest BCUT2D eigenvalue weighted by molar-refractivity contribution is -0.138. The Morgan fingerprint density at radius 2 is 1.50 bits per heavy atom. The minimum Gasteiger partial charge on any atom is -0.166 e. The highest BCUT2D eigenvalue weighted by Gasteiger charge is 2.32. The summed E-state index contributed by atoms with van der Waals surface area (Å²) in [6.45, 7) is 0. The molecule has 0 aromatic heterocycles. The lowest BCUT2D eigenvalue weighted by Gasteiger charge is -2.12. The molecule has 0 aliphatic heterocycles. The molecule has 0 fully saturated rings. The zero-order valence-corrected chi connectivity index (χ0v) is 11.7. The van der Waals surface area contributed by atoms with Gasteiger partial charge in [0.05, 0.1) is 5.56 Å². The van der Waals surface area contributed by atoms with Crippen molar-refractivity contribution in [3.8, 4) is 0 Å². The first-order valence-electron chi connectivity index (χ1n) is 6.34. The lowest BCUT2D eigenvalue weighted by atomic mass is 10.1. The number of halogens is 3. The number of benzene rings is 2. The van der Waals surface area contributed by atoms with Crippen molar-refractivity contribution in [2.45, 2.75) is 18.3 Å². The van der Waals surface area contributed by atoms with Crippen LogP contribution >= 0.6 is 11.8 Å². The minimum absolute atomic E-state index is 0.376. The Kier molecular flexibility index (Phi) is 5.12. The second-order valence-corrected chi connectivity index (χ2v) is 5.55. The van der Waals surface area contributed by atoms with E-state index in [2.05, 4.69) is 0 Å². The summed E-state index contributed by atoms with van der Waals surface area (Å²) in [5.41, 5.74) is 1.06. The van der Waals surface area contributed by atoms with Gasteiger partial charge >= 0.3 is 6.18 Å². The monoisotopic (exact) mass is 296 g/mol. The number of alkyl halides is 3. The van der Waals surface area contributed by atoms with Gasteiger partial charge in [0.15, 0.2) is 0 Å². The third kappa shape index (κ3) is 4.30.